The SMILES string of the molecule is CC(=O)NCc1cccc(C(=Nc2ccc(CN(C)C)cc2)C2C(=O)Nc3cc(F)ccc32)c1. The predicted molar refractivity (Wildman–Crippen MR) is 132 cm³/mol. The van der Waals surface area contributed by atoms with Crippen LogP contribution in [0.3, 0.4) is 0 Å². The Bertz CT molecular complexity index is 1250. The highest BCUT2D eigenvalue weighted by molar-refractivity contribution is 6.24. The summed E-state index contributed by atoms with van der Waals surface area (Å²) in [5.41, 5.74) is 5.22. The zero-order valence-corrected chi connectivity index (χ0v) is 19.4. The van der Waals surface area contributed by atoms with Gasteiger partial charge in [0.25, 0.3) is 0 Å². The molecule has 0 saturated heterocycles. The molecule has 3 aromatic rings. The fraction of sp³-hybridized carbons (Fsp3) is 0.222. The first-order valence-corrected chi connectivity index (χ1v) is 11.1. The monoisotopic (exact) mass is 458 g/mol. The molecule has 0 aromatic heterocycles. The van der Waals surface area contributed by atoms with Gasteiger partial charge in [-0.15, -0.1) is 0 Å². The Hall–Kier alpha value is -3.84. The second-order valence-electron chi connectivity index (χ2n) is 8.67. The minimum atomic E-state index is -0.687. The van der Waals surface area contributed by atoms with Crippen LogP contribution in [0.25, 0.3) is 0 Å². The molecular formula is C27H27FN4O2. The number of hydrogen-bond donors (Lipinski definition) is 2. The molecule has 2 N–H and O–H groups in total. The van der Waals surface area contributed by atoms with Crippen molar-refractivity contribution in [3.05, 3.63) is 94.8 Å². The fourth-order valence-corrected chi connectivity index (χ4v) is 4.05. The van der Waals surface area contributed by atoms with Gasteiger partial charge in [-0.3, -0.25) is 14.6 Å². The summed E-state index contributed by atoms with van der Waals surface area (Å²) < 4.78 is 13.8. The third kappa shape index (κ3) is 5.38. The first-order valence-electron chi connectivity index (χ1n) is 11.1. The Morgan fingerprint density at radius 2 is 1.82 bits per heavy atom. The maximum atomic E-state index is 13.8. The van der Waals surface area contributed by atoms with Crippen LogP contribution < -0.4 is 10.6 Å². The van der Waals surface area contributed by atoms with Gasteiger partial charge < -0.3 is 15.5 Å². The molecule has 2 amide bonds. The van der Waals surface area contributed by atoms with Crippen LogP contribution in [0.2, 0.25) is 0 Å². The van der Waals surface area contributed by atoms with Crippen LogP contribution >= 0.6 is 0 Å². The quantitative estimate of drug-likeness (QED) is 0.516. The summed E-state index contributed by atoms with van der Waals surface area (Å²) in [6.07, 6.45) is 0. The third-order valence-electron chi connectivity index (χ3n) is 5.57. The molecule has 0 saturated carbocycles. The maximum Gasteiger partial charge on any atom is 0.238 e. The minimum Gasteiger partial charge on any atom is -0.352 e. The highest BCUT2D eigenvalue weighted by Gasteiger charge is 2.35. The zero-order valence-electron chi connectivity index (χ0n) is 19.4. The summed E-state index contributed by atoms with van der Waals surface area (Å²) in [5, 5.41) is 5.58. The number of nitrogens with one attached hydrogen (secondary N) is 2. The lowest BCUT2D eigenvalue weighted by molar-refractivity contribution is -0.119. The molecule has 1 heterocycles. The lowest BCUT2D eigenvalue weighted by Gasteiger charge is -2.15. The van der Waals surface area contributed by atoms with E-state index in [0.29, 0.717) is 29.2 Å². The smallest absolute Gasteiger partial charge is 0.238 e. The maximum absolute atomic E-state index is 13.8. The second-order valence-corrected chi connectivity index (χ2v) is 8.67. The van der Waals surface area contributed by atoms with Gasteiger partial charge >= 0.3 is 0 Å². The zero-order chi connectivity index (χ0) is 24.2. The molecule has 0 aliphatic carbocycles. The summed E-state index contributed by atoms with van der Waals surface area (Å²) in [6, 6.07) is 19.8. The molecule has 1 aliphatic heterocycles. The second kappa shape index (κ2) is 9.97. The minimum absolute atomic E-state index is 0.122. The number of benzene rings is 3. The molecular weight excluding hydrogens is 431 g/mol. The van der Waals surface area contributed by atoms with E-state index in [1.54, 1.807) is 6.07 Å². The predicted octanol–water partition coefficient (Wildman–Crippen LogP) is 4.38. The van der Waals surface area contributed by atoms with E-state index >= 15 is 0 Å². The number of nitrogens with zero attached hydrogens (tertiary/aromatic N) is 2. The lowest BCUT2D eigenvalue weighted by atomic mass is 9.90. The van der Waals surface area contributed by atoms with E-state index in [9.17, 15) is 14.0 Å². The van der Waals surface area contributed by atoms with Crippen LogP contribution in [-0.2, 0) is 22.7 Å². The van der Waals surface area contributed by atoms with Gasteiger partial charge in [0.15, 0.2) is 0 Å². The van der Waals surface area contributed by atoms with E-state index in [1.807, 2.05) is 62.6 Å². The average molecular weight is 459 g/mol. The number of carbonyl (C=O) groups excluding carboxylic acids is 2. The Morgan fingerprint density at radius 3 is 2.53 bits per heavy atom. The highest BCUT2D eigenvalue weighted by Crippen LogP contribution is 2.36. The molecule has 0 radical (unpaired) electrons. The van der Waals surface area contributed by atoms with E-state index in [4.69, 9.17) is 4.99 Å². The van der Waals surface area contributed by atoms with Crippen molar-refractivity contribution < 1.29 is 14.0 Å². The van der Waals surface area contributed by atoms with Gasteiger partial charge in [0.05, 0.1) is 11.4 Å². The first-order chi connectivity index (χ1) is 16.3. The van der Waals surface area contributed by atoms with Crippen LogP contribution in [0.1, 0.15) is 35.1 Å². The Labute approximate surface area is 198 Å². The first kappa shape index (κ1) is 23.3. The number of aliphatic imine (C=N–C) groups is 1. The average Bonchev–Trinajstić information content (AvgIpc) is 3.11. The number of fused-ring (bicyclic) bond motifs is 1. The van der Waals surface area contributed by atoms with Gasteiger partial charge in [-0.2, -0.15) is 0 Å². The van der Waals surface area contributed by atoms with Gasteiger partial charge in [-0.25, -0.2) is 4.39 Å². The number of hydrogen-bond acceptors (Lipinski definition) is 4. The van der Waals surface area contributed by atoms with E-state index in [2.05, 4.69) is 15.5 Å². The summed E-state index contributed by atoms with van der Waals surface area (Å²) in [4.78, 5) is 31.4. The summed E-state index contributed by atoms with van der Waals surface area (Å²) in [7, 11) is 4.02. The van der Waals surface area contributed by atoms with Crippen molar-refractivity contribution in [2.45, 2.75) is 25.9 Å². The summed E-state index contributed by atoms with van der Waals surface area (Å²) in [6.45, 7) is 2.65. The molecule has 1 unspecified atom stereocenters. The molecule has 1 atom stereocenters. The molecule has 3 aromatic carbocycles. The molecule has 7 heteroatoms. The molecule has 0 bridgehead atoms. The van der Waals surface area contributed by atoms with E-state index < -0.39 is 11.7 Å². The standard InChI is InChI=1S/C27H27FN4O2/c1-17(33)29-15-19-5-4-6-20(13-19)26(30-22-10-7-18(8-11-22)16-32(2)3)25-23-12-9-21(28)14-24(23)31-27(25)34/h4-14,25H,15-16H2,1-3H3,(H,29,33)(H,31,34). The van der Waals surface area contributed by atoms with Crippen LogP contribution in [0, 0.1) is 5.82 Å². The van der Waals surface area contributed by atoms with E-state index in [1.165, 1.54) is 19.1 Å². The van der Waals surface area contributed by atoms with Gasteiger partial charge in [0, 0.05) is 25.7 Å². The molecule has 0 spiro atoms. The fourth-order valence-electron chi connectivity index (χ4n) is 4.05. The van der Waals surface area contributed by atoms with Crippen molar-refractivity contribution >= 4 is 28.9 Å². The molecule has 4 rings (SSSR count). The molecule has 6 nitrogen and oxygen atoms in total. The number of halogens is 1. The van der Waals surface area contributed by atoms with Crippen molar-refractivity contribution in [1.29, 1.82) is 0 Å². The number of amides is 2. The molecule has 34 heavy (non-hydrogen) atoms. The molecule has 0 fully saturated rings. The topological polar surface area (TPSA) is 73.8 Å². The normalized spacial score (nSPS) is 15.3. The Morgan fingerprint density at radius 1 is 1.06 bits per heavy atom. The molecule has 1 aliphatic rings. The van der Waals surface area contributed by atoms with Crippen molar-refractivity contribution in [3.8, 4) is 0 Å². The summed E-state index contributed by atoms with van der Waals surface area (Å²) >= 11 is 0. The van der Waals surface area contributed by atoms with Crippen LogP contribution in [0.15, 0.2) is 71.7 Å². The van der Waals surface area contributed by atoms with Gasteiger partial charge in [0.2, 0.25) is 11.8 Å². The van der Waals surface area contributed by atoms with Crippen LogP contribution in [0.4, 0.5) is 15.8 Å². The van der Waals surface area contributed by atoms with Crippen LogP contribution in [-0.4, -0.2) is 36.5 Å². The molecule has 174 valence electrons. The van der Waals surface area contributed by atoms with Crippen molar-refractivity contribution in [2.75, 3.05) is 19.4 Å². The van der Waals surface area contributed by atoms with Crippen molar-refractivity contribution in [1.82, 2.24) is 10.2 Å². The third-order valence-corrected chi connectivity index (χ3v) is 5.57. The van der Waals surface area contributed by atoms with Gasteiger partial charge in [0.1, 0.15) is 11.7 Å². The Kier molecular flexibility index (Phi) is 6.84. The number of anilines is 1. The van der Waals surface area contributed by atoms with Gasteiger partial charge in [-0.05, 0) is 66.7 Å². The number of carbonyl (C=O) groups is 2. The van der Waals surface area contributed by atoms with Gasteiger partial charge in [-0.1, -0.05) is 36.4 Å². The lowest BCUT2D eigenvalue weighted by Crippen LogP contribution is -2.23. The van der Waals surface area contributed by atoms with Crippen LogP contribution in [0.5, 0.6) is 0 Å². The number of rotatable bonds is 7. The summed E-state index contributed by atoms with van der Waals surface area (Å²) in [5.74, 6) is -1.47. The van der Waals surface area contributed by atoms with E-state index in [-0.39, 0.29) is 11.8 Å². The van der Waals surface area contributed by atoms with Crippen molar-refractivity contribution in [3.63, 3.8) is 0 Å². The van der Waals surface area contributed by atoms with Crippen molar-refractivity contribution in [2.24, 2.45) is 4.99 Å². The largest absolute Gasteiger partial charge is 0.352 e. The highest BCUT2D eigenvalue weighted by atomic mass is 19.1. The Balaban J connectivity index is 1.78. The van der Waals surface area contributed by atoms with E-state index in [0.717, 1.165) is 23.2 Å².